The molecule has 0 fully saturated rings. The number of benzene rings is 1. The van der Waals surface area contributed by atoms with Crippen molar-refractivity contribution in [3.63, 3.8) is 0 Å². The highest BCUT2D eigenvalue weighted by atomic mass is 32.1. The van der Waals surface area contributed by atoms with Gasteiger partial charge in [0.1, 0.15) is 5.75 Å². The Morgan fingerprint density at radius 1 is 1.37 bits per heavy atom. The Bertz CT molecular complexity index is 429. The van der Waals surface area contributed by atoms with Gasteiger partial charge in [0.2, 0.25) is 0 Å². The van der Waals surface area contributed by atoms with Crippen molar-refractivity contribution in [3.8, 4) is 5.75 Å². The Labute approximate surface area is 120 Å². The molecular weight excluding hydrogens is 258 g/mol. The van der Waals surface area contributed by atoms with E-state index in [9.17, 15) is 0 Å². The molecule has 0 saturated heterocycles. The maximum absolute atomic E-state index is 5.54. The Morgan fingerprint density at radius 2 is 2.05 bits per heavy atom. The summed E-state index contributed by atoms with van der Waals surface area (Å²) in [5.74, 6) is 0.922. The minimum Gasteiger partial charge on any atom is -0.494 e. The van der Waals surface area contributed by atoms with Crippen LogP contribution in [0.3, 0.4) is 0 Å². The zero-order valence-corrected chi connectivity index (χ0v) is 12.3. The zero-order valence-electron chi connectivity index (χ0n) is 11.5. The zero-order chi connectivity index (χ0) is 14.1. The lowest BCUT2D eigenvalue weighted by Gasteiger charge is -2.06. The van der Waals surface area contributed by atoms with Crippen molar-refractivity contribution in [1.82, 2.24) is 5.43 Å². The molecule has 3 N–H and O–H groups in total. The topological polar surface area (TPSA) is 59.6 Å². The summed E-state index contributed by atoms with van der Waals surface area (Å²) in [5, 5.41) is 4.26. The molecule has 0 aliphatic rings. The molecule has 0 aliphatic carbocycles. The normalized spacial score (nSPS) is 11.2. The Hall–Kier alpha value is -1.62. The van der Waals surface area contributed by atoms with Crippen LogP contribution in [0.25, 0.3) is 0 Å². The molecule has 1 aromatic rings. The molecule has 0 spiro atoms. The first-order valence-electron chi connectivity index (χ1n) is 6.42. The number of nitrogens with one attached hydrogen (secondary N) is 1. The van der Waals surface area contributed by atoms with Gasteiger partial charge in [-0.25, -0.2) is 0 Å². The van der Waals surface area contributed by atoms with Gasteiger partial charge in [0.05, 0.1) is 6.61 Å². The number of ether oxygens (including phenoxy) is 1. The largest absolute Gasteiger partial charge is 0.494 e. The second-order valence-corrected chi connectivity index (χ2v) is 4.76. The molecule has 5 heteroatoms. The molecule has 0 atom stereocenters. The van der Waals surface area contributed by atoms with Crippen molar-refractivity contribution in [2.45, 2.75) is 33.1 Å². The highest BCUT2D eigenvalue weighted by Gasteiger charge is 1.98. The van der Waals surface area contributed by atoms with Gasteiger partial charge in [0.25, 0.3) is 0 Å². The highest BCUT2D eigenvalue weighted by molar-refractivity contribution is 7.80. The summed E-state index contributed by atoms with van der Waals surface area (Å²) in [7, 11) is 0. The molecular formula is C14H21N3OS. The van der Waals surface area contributed by atoms with Crippen LogP contribution in [0.2, 0.25) is 0 Å². The van der Waals surface area contributed by atoms with Crippen molar-refractivity contribution in [2.75, 3.05) is 6.61 Å². The summed E-state index contributed by atoms with van der Waals surface area (Å²) in [6.07, 6.45) is 2.82. The molecule has 1 aromatic carbocycles. The van der Waals surface area contributed by atoms with Crippen molar-refractivity contribution >= 4 is 23.0 Å². The van der Waals surface area contributed by atoms with E-state index in [4.69, 9.17) is 10.5 Å². The maximum Gasteiger partial charge on any atom is 0.184 e. The molecule has 0 aromatic heterocycles. The van der Waals surface area contributed by atoms with E-state index < -0.39 is 0 Å². The summed E-state index contributed by atoms with van der Waals surface area (Å²) in [5.41, 5.74) is 10.1. The predicted octanol–water partition coefficient (Wildman–Crippen LogP) is 2.62. The average Bonchev–Trinajstić information content (AvgIpc) is 2.41. The molecule has 1 rings (SSSR count). The number of aryl methyl sites for hydroxylation is 1. The fraction of sp³-hybridized carbons (Fsp3) is 0.429. The summed E-state index contributed by atoms with van der Waals surface area (Å²) in [6, 6.07) is 8.17. The van der Waals surface area contributed by atoms with Crippen molar-refractivity contribution in [3.05, 3.63) is 29.8 Å². The van der Waals surface area contributed by atoms with Crippen molar-refractivity contribution in [1.29, 1.82) is 0 Å². The minimum absolute atomic E-state index is 0.191. The lowest BCUT2D eigenvalue weighted by atomic mass is 10.1. The van der Waals surface area contributed by atoms with Crippen LogP contribution < -0.4 is 15.9 Å². The van der Waals surface area contributed by atoms with Gasteiger partial charge in [-0.3, -0.25) is 5.43 Å². The van der Waals surface area contributed by atoms with Gasteiger partial charge < -0.3 is 10.5 Å². The van der Waals surface area contributed by atoms with Crippen molar-refractivity contribution in [2.24, 2.45) is 10.8 Å². The number of nitrogens with two attached hydrogens (primary N) is 1. The molecule has 4 nitrogen and oxygen atoms in total. The summed E-state index contributed by atoms with van der Waals surface area (Å²) < 4.78 is 5.54. The van der Waals surface area contributed by atoms with E-state index >= 15 is 0 Å². The molecule has 19 heavy (non-hydrogen) atoms. The molecule has 0 saturated carbocycles. The van der Waals surface area contributed by atoms with Crippen LogP contribution >= 0.6 is 12.2 Å². The van der Waals surface area contributed by atoms with Crippen LogP contribution in [0, 0.1) is 0 Å². The van der Waals surface area contributed by atoms with E-state index in [0.717, 1.165) is 37.3 Å². The smallest absolute Gasteiger partial charge is 0.184 e. The van der Waals surface area contributed by atoms with E-state index in [1.54, 1.807) is 0 Å². The SMILES string of the molecule is CCCOc1ccc(CC/C(C)=N/NC(N)=S)cc1. The first-order valence-corrected chi connectivity index (χ1v) is 6.83. The Kier molecular flexibility index (Phi) is 6.89. The van der Waals surface area contributed by atoms with Crippen LogP contribution in [0.1, 0.15) is 32.3 Å². The maximum atomic E-state index is 5.54. The number of hydrogen-bond donors (Lipinski definition) is 2. The lowest BCUT2D eigenvalue weighted by Crippen LogP contribution is -2.25. The third-order valence-electron chi connectivity index (χ3n) is 2.53. The van der Waals surface area contributed by atoms with Crippen molar-refractivity contribution < 1.29 is 4.74 Å². The van der Waals surface area contributed by atoms with Gasteiger partial charge in [-0.15, -0.1) is 0 Å². The van der Waals surface area contributed by atoms with Crippen LogP contribution in [-0.4, -0.2) is 17.4 Å². The fourth-order valence-corrected chi connectivity index (χ4v) is 1.55. The first-order chi connectivity index (χ1) is 9.11. The minimum atomic E-state index is 0.191. The predicted molar refractivity (Wildman–Crippen MR) is 83.6 cm³/mol. The summed E-state index contributed by atoms with van der Waals surface area (Å²) >= 11 is 4.69. The first kappa shape index (κ1) is 15.4. The average molecular weight is 279 g/mol. The lowest BCUT2D eigenvalue weighted by molar-refractivity contribution is 0.317. The van der Waals surface area contributed by atoms with E-state index in [1.165, 1.54) is 5.56 Å². The van der Waals surface area contributed by atoms with Gasteiger partial charge in [-0.2, -0.15) is 5.10 Å². The number of thiocarbonyl (C=S) groups is 1. The number of nitrogens with zero attached hydrogens (tertiary/aromatic N) is 1. The molecule has 0 heterocycles. The Balaban J connectivity index is 2.41. The quantitative estimate of drug-likeness (QED) is 0.457. The Morgan fingerprint density at radius 3 is 2.63 bits per heavy atom. The molecule has 0 amide bonds. The third kappa shape index (κ3) is 6.76. The van der Waals surface area contributed by atoms with Crippen LogP contribution in [-0.2, 0) is 6.42 Å². The van der Waals surface area contributed by atoms with Crippen LogP contribution in [0.15, 0.2) is 29.4 Å². The number of hydrogen-bond acceptors (Lipinski definition) is 3. The molecule has 0 aliphatic heterocycles. The van der Waals surface area contributed by atoms with Crippen LogP contribution in [0.4, 0.5) is 0 Å². The van der Waals surface area contributed by atoms with E-state index in [0.29, 0.717) is 0 Å². The molecule has 0 unspecified atom stereocenters. The number of rotatable bonds is 7. The van der Waals surface area contributed by atoms with Gasteiger partial charge in [-0.1, -0.05) is 19.1 Å². The second kappa shape index (κ2) is 8.48. The third-order valence-corrected chi connectivity index (χ3v) is 2.62. The summed E-state index contributed by atoms with van der Waals surface area (Å²) in [4.78, 5) is 0. The van der Waals surface area contributed by atoms with Crippen LogP contribution in [0.5, 0.6) is 5.75 Å². The monoisotopic (exact) mass is 279 g/mol. The highest BCUT2D eigenvalue weighted by Crippen LogP contribution is 2.13. The fourth-order valence-electron chi connectivity index (χ4n) is 1.50. The van der Waals surface area contributed by atoms with Gasteiger partial charge >= 0.3 is 0 Å². The molecule has 0 radical (unpaired) electrons. The number of hydrazone groups is 1. The van der Waals surface area contributed by atoms with E-state index in [-0.39, 0.29) is 5.11 Å². The second-order valence-electron chi connectivity index (χ2n) is 4.32. The van der Waals surface area contributed by atoms with Gasteiger partial charge in [0, 0.05) is 5.71 Å². The van der Waals surface area contributed by atoms with Gasteiger partial charge in [0.15, 0.2) is 5.11 Å². The molecule has 0 bridgehead atoms. The van der Waals surface area contributed by atoms with Gasteiger partial charge in [-0.05, 0) is 56.1 Å². The molecule has 104 valence electrons. The van der Waals surface area contributed by atoms with E-state index in [1.807, 2.05) is 19.1 Å². The van der Waals surface area contributed by atoms with E-state index in [2.05, 4.69) is 41.8 Å². The standard InChI is InChI=1S/C14H21N3OS/c1-3-10-18-13-8-6-12(7-9-13)5-4-11(2)16-17-14(15)19/h6-9H,3-5,10H2,1-2H3,(H3,15,17,19)/b16-11+. The summed E-state index contributed by atoms with van der Waals surface area (Å²) in [6.45, 7) is 4.80.